The van der Waals surface area contributed by atoms with Crippen molar-refractivity contribution in [2.24, 2.45) is 0 Å². The second-order valence-electron chi connectivity index (χ2n) is 4.70. The van der Waals surface area contributed by atoms with Crippen LogP contribution in [0.3, 0.4) is 0 Å². The van der Waals surface area contributed by atoms with Crippen LogP contribution in [0.4, 0.5) is 13.9 Å². The Morgan fingerprint density at radius 3 is 2.58 bits per heavy atom. The number of benzene rings is 2. The van der Waals surface area contributed by atoms with Crippen LogP contribution in [0.5, 0.6) is 0 Å². The first-order chi connectivity index (χ1) is 11.4. The number of hydrogen-bond donors (Lipinski definition) is 1. The van der Waals surface area contributed by atoms with Gasteiger partial charge in [0.15, 0.2) is 5.13 Å². The highest BCUT2D eigenvalue weighted by atomic mass is 35.5. The lowest BCUT2D eigenvalue weighted by Crippen LogP contribution is -2.14. The van der Waals surface area contributed by atoms with Crippen molar-refractivity contribution in [2.45, 2.75) is 4.90 Å². The monoisotopic (exact) mass is 386 g/mol. The van der Waals surface area contributed by atoms with Gasteiger partial charge in [-0.25, -0.2) is 22.2 Å². The average Bonchev–Trinajstić information content (AvgIpc) is 2.94. The number of aromatic nitrogens is 1. The van der Waals surface area contributed by atoms with E-state index in [9.17, 15) is 17.2 Å². The van der Waals surface area contributed by atoms with Gasteiger partial charge >= 0.3 is 0 Å². The van der Waals surface area contributed by atoms with Crippen LogP contribution >= 0.6 is 22.9 Å². The van der Waals surface area contributed by atoms with Crippen LogP contribution in [0.25, 0.3) is 11.3 Å². The molecule has 0 radical (unpaired) electrons. The second-order valence-corrected chi connectivity index (χ2v) is 7.61. The zero-order valence-electron chi connectivity index (χ0n) is 11.8. The van der Waals surface area contributed by atoms with Crippen molar-refractivity contribution in [1.29, 1.82) is 0 Å². The molecule has 0 bridgehead atoms. The lowest BCUT2D eigenvalue weighted by Gasteiger charge is -2.06. The predicted octanol–water partition coefficient (Wildman–Crippen LogP) is 4.54. The number of thiazole rings is 1. The maximum Gasteiger partial charge on any atom is 0.266 e. The van der Waals surface area contributed by atoms with E-state index < -0.39 is 26.6 Å². The lowest BCUT2D eigenvalue weighted by atomic mass is 10.2. The van der Waals surface area contributed by atoms with Gasteiger partial charge in [0.1, 0.15) is 16.5 Å². The van der Waals surface area contributed by atoms with Crippen molar-refractivity contribution in [1.82, 2.24) is 4.98 Å². The normalized spacial score (nSPS) is 11.5. The summed E-state index contributed by atoms with van der Waals surface area (Å²) in [7, 11) is -4.22. The number of rotatable bonds is 4. The summed E-state index contributed by atoms with van der Waals surface area (Å²) in [5.41, 5.74) is 1.14. The third-order valence-electron chi connectivity index (χ3n) is 3.06. The SMILES string of the molecule is O=S(=O)(Nc1nc(-c2ccccc2Cl)cs1)c1ccc(F)cc1F. The smallest absolute Gasteiger partial charge is 0.255 e. The van der Waals surface area contributed by atoms with Crippen molar-refractivity contribution >= 4 is 38.1 Å². The fraction of sp³-hybridized carbons (Fsp3) is 0. The van der Waals surface area contributed by atoms with Gasteiger partial charge in [-0.3, -0.25) is 4.72 Å². The molecule has 9 heteroatoms. The van der Waals surface area contributed by atoms with E-state index in [0.717, 1.165) is 23.5 Å². The number of anilines is 1. The molecule has 3 aromatic rings. The van der Waals surface area contributed by atoms with Gasteiger partial charge in [0.25, 0.3) is 10.0 Å². The molecule has 0 spiro atoms. The molecule has 0 aliphatic heterocycles. The Morgan fingerprint density at radius 2 is 1.88 bits per heavy atom. The lowest BCUT2D eigenvalue weighted by molar-refractivity contribution is 0.551. The summed E-state index contributed by atoms with van der Waals surface area (Å²) >= 11 is 7.10. The van der Waals surface area contributed by atoms with Gasteiger partial charge in [-0.05, 0) is 18.2 Å². The molecule has 0 saturated carbocycles. The number of hydrogen-bond acceptors (Lipinski definition) is 4. The molecule has 0 amide bonds. The minimum absolute atomic E-state index is 0.0497. The fourth-order valence-corrected chi connectivity index (χ4v) is 4.23. The zero-order valence-corrected chi connectivity index (χ0v) is 14.2. The van der Waals surface area contributed by atoms with Crippen LogP contribution in [0.15, 0.2) is 52.7 Å². The Labute approximate surface area is 145 Å². The Hall–Kier alpha value is -2.03. The summed E-state index contributed by atoms with van der Waals surface area (Å²) in [6.07, 6.45) is 0. The van der Waals surface area contributed by atoms with Crippen LogP contribution in [-0.2, 0) is 10.0 Å². The molecule has 124 valence electrons. The van der Waals surface area contributed by atoms with Crippen LogP contribution in [0, 0.1) is 11.6 Å². The largest absolute Gasteiger partial charge is 0.266 e. The maximum absolute atomic E-state index is 13.7. The Kier molecular flexibility index (Phi) is 4.53. The summed E-state index contributed by atoms with van der Waals surface area (Å²) < 4.78 is 53.2. The number of nitrogens with zero attached hydrogens (tertiary/aromatic N) is 1. The molecule has 0 aliphatic rings. The van der Waals surface area contributed by atoms with Crippen molar-refractivity contribution in [3.63, 3.8) is 0 Å². The average molecular weight is 387 g/mol. The molecule has 1 heterocycles. The van der Waals surface area contributed by atoms with Crippen molar-refractivity contribution in [3.8, 4) is 11.3 Å². The van der Waals surface area contributed by atoms with E-state index in [4.69, 9.17) is 11.6 Å². The first kappa shape index (κ1) is 16.8. The zero-order chi connectivity index (χ0) is 17.3. The van der Waals surface area contributed by atoms with Crippen LogP contribution < -0.4 is 4.72 Å². The van der Waals surface area contributed by atoms with Gasteiger partial charge in [-0.1, -0.05) is 29.8 Å². The van der Waals surface area contributed by atoms with Gasteiger partial charge in [0.05, 0.1) is 5.69 Å². The minimum atomic E-state index is -4.22. The summed E-state index contributed by atoms with van der Waals surface area (Å²) in [4.78, 5) is 3.49. The molecular formula is C15H9ClF2N2O2S2. The molecule has 0 unspecified atom stereocenters. The summed E-state index contributed by atoms with van der Waals surface area (Å²) in [6, 6.07) is 9.20. The van der Waals surface area contributed by atoms with Crippen LogP contribution in [0.1, 0.15) is 0 Å². The predicted molar refractivity (Wildman–Crippen MR) is 89.7 cm³/mol. The highest BCUT2D eigenvalue weighted by molar-refractivity contribution is 7.93. The number of nitrogens with one attached hydrogen (secondary N) is 1. The van der Waals surface area contributed by atoms with E-state index in [1.807, 2.05) is 0 Å². The molecule has 0 atom stereocenters. The van der Waals surface area contributed by atoms with Crippen LogP contribution in [0.2, 0.25) is 5.02 Å². The van der Waals surface area contributed by atoms with E-state index >= 15 is 0 Å². The highest BCUT2D eigenvalue weighted by Gasteiger charge is 2.21. The molecule has 1 N–H and O–H groups in total. The van der Waals surface area contributed by atoms with Gasteiger partial charge in [-0.2, -0.15) is 0 Å². The molecule has 0 aliphatic carbocycles. The maximum atomic E-state index is 13.7. The molecule has 0 saturated heterocycles. The molecule has 3 rings (SSSR count). The summed E-state index contributed by atoms with van der Waals surface area (Å²) in [5.74, 6) is -2.04. The Balaban J connectivity index is 1.90. The molecule has 4 nitrogen and oxygen atoms in total. The summed E-state index contributed by atoms with van der Waals surface area (Å²) in [6.45, 7) is 0. The van der Waals surface area contributed by atoms with Gasteiger partial charge in [0, 0.05) is 22.0 Å². The quantitative estimate of drug-likeness (QED) is 0.716. The number of sulfonamides is 1. The Morgan fingerprint density at radius 1 is 1.12 bits per heavy atom. The van der Waals surface area contributed by atoms with Gasteiger partial charge < -0.3 is 0 Å². The van der Waals surface area contributed by atoms with Crippen molar-refractivity contribution in [2.75, 3.05) is 4.72 Å². The van der Waals surface area contributed by atoms with E-state index in [1.165, 1.54) is 0 Å². The topological polar surface area (TPSA) is 59.1 Å². The Bertz CT molecular complexity index is 1010. The fourth-order valence-electron chi connectivity index (χ4n) is 1.98. The van der Waals surface area contributed by atoms with E-state index in [1.54, 1.807) is 29.6 Å². The summed E-state index contributed by atoms with van der Waals surface area (Å²) in [5, 5.41) is 2.15. The molecule has 2 aromatic carbocycles. The first-order valence-corrected chi connectivity index (χ1v) is 9.29. The second kappa shape index (κ2) is 6.46. The third kappa shape index (κ3) is 3.40. The molecule has 1 aromatic heterocycles. The molecule has 0 fully saturated rings. The van der Waals surface area contributed by atoms with Crippen LogP contribution in [-0.4, -0.2) is 13.4 Å². The van der Waals surface area contributed by atoms with Gasteiger partial charge in [0.2, 0.25) is 0 Å². The third-order valence-corrected chi connectivity index (χ3v) is 5.65. The number of halogens is 3. The highest BCUT2D eigenvalue weighted by Crippen LogP contribution is 2.31. The van der Waals surface area contributed by atoms with Crippen molar-refractivity contribution in [3.05, 3.63) is 64.5 Å². The van der Waals surface area contributed by atoms with E-state index in [2.05, 4.69) is 9.71 Å². The minimum Gasteiger partial charge on any atom is -0.255 e. The molecular weight excluding hydrogens is 378 g/mol. The standard InChI is InChI=1S/C15H9ClF2N2O2S2/c16-11-4-2-1-3-10(11)13-8-23-15(19-13)20-24(21,22)14-6-5-9(17)7-12(14)18/h1-8H,(H,19,20). The first-order valence-electron chi connectivity index (χ1n) is 6.55. The molecule has 24 heavy (non-hydrogen) atoms. The van der Waals surface area contributed by atoms with E-state index in [0.29, 0.717) is 22.3 Å². The van der Waals surface area contributed by atoms with E-state index in [-0.39, 0.29) is 5.13 Å². The van der Waals surface area contributed by atoms with Gasteiger partial charge in [-0.15, -0.1) is 11.3 Å². The van der Waals surface area contributed by atoms with Crippen molar-refractivity contribution < 1.29 is 17.2 Å².